The van der Waals surface area contributed by atoms with Crippen molar-refractivity contribution >= 4 is 27.7 Å². The number of esters is 1. The summed E-state index contributed by atoms with van der Waals surface area (Å²) in [5.74, 6) is -1.13. The first-order valence-electron chi connectivity index (χ1n) is 9.39. The van der Waals surface area contributed by atoms with Crippen LogP contribution < -0.4 is 0 Å². The molecule has 0 N–H and O–H groups in total. The van der Waals surface area contributed by atoms with Crippen LogP contribution in [0.4, 0.5) is 0 Å². The zero-order chi connectivity index (χ0) is 20.6. The normalized spacial score (nSPS) is 20.7. The highest BCUT2D eigenvalue weighted by Crippen LogP contribution is 2.21. The first-order valence-corrected chi connectivity index (χ1v) is 11.0. The third kappa shape index (κ3) is 3.95. The van der Waals surface area contributed by atoms with Gasteiger partial charge in [-0.15, -0.1) is 4.40 Å². The van der Waals surface area contributed by atoms with Gasteiger partial charge < -0.3 is 14.5 Å². The molecular weight excluding hydrogens is 394 g/mol. The standard InChI is InChI=1S/C20H21N3O5S/c1-14(19(24)23-10-8-15-5-2-3-6-16(15)13-23)28-20(25)17-7-4-9-22-11-12-29(26,27)21-18(17)22/h2-7,9,14H,8,10-13H2,1H3/t14-/m0/s1. The lowest BCUT2D eigenvalue weighted by molar-refractivity contribution is -0.156. The van der Waals surface area contributed by atoms with Crippen LogP contribution in [0, 0.1) is 0 Å². The van der Waals surface area contributed by atoms with Crippen molar-refractivity contribution in [1.29, 1.82) is 0 Å². The molecule has 0 spiro atoms. The molecule has 0 radical (unpaired) electrons. The minimum absolute atomic E-state index is 0.0272. The van der Waals surface area contributed by atoms with E-state index in [-0.39, 0.29) is 29.6 Å². The summed E-state index contributed by atoms with van der Waals surface area (Å²) in [6, 6.07) is 7.95. The van der Waals surface area contributed by atoms with Gasteiger partial charge in [-0.2, -0.15) is 0 Å². The number of nitrogens with zero attached hydrogens (tertiary/aromatic N) is 3. The molecule has 9 heteroatoms. The SMILES string of the molecule is C[C@H](OC(=O)C1=CC=CN2CCS(=O)(=O)N=C12)C(=O)N1CCc2ccccc2C1. The van der Waals surface area contributed by atoms with Crippen molar-refractivity contribution in [1.82, 2.24) is 9.80 Å². The highest BCUT2D eigenvalue weighted by Gasteiger charge is 2.33. The molecule has 3 aliphatic heterocycles. The summed E-state index contributed by atoms with van der Waals surface area (Å²) in [6.45, 7) is 2.77. The molecule has 0 aliphatic carbocycles. The summed E-state index contributed by atoms with van der Waals surface area (Å²) >= 11 is 0. The molecule has 1 aromatic rings. The highest BCUT2D eigenvalue weighted by atomic mass is 32.2. The van der Waals surface area contributed by atoms with E-state index in [1.807, 2.05) is 24.3 Å². The van der Waals surface area contributed by atoms with Crippen LogP contribution >= 0.6 is 0 Å². The van der Waals surface area contributed by atoms with E-state index in [9.17, 15) is 18.0 Å². The van der Waals surface area contributed by atoms with Crippen molar-refractivity contribution in [2.24, 2.45) is 4.40 Å². The highest BCUT2D eigenvalue weighted by molar-refractivity contribution is 7.90. The van der Waals surface area contributed by atoms with E-state index in [0.29, 0.717) is 13.1 Å². The minimum Gasteiger partial charge on any atom is -0.449 e. The number of ether oxygens (including phenoxy) is 1. The number of hydrogen-bond donors (Lipinski definition) is 0. The smallest absolute Gasteiger partial charge is 0.342 e. The number of benzene rings is 1. The van der Waals surface area contributed by atoms with Gasteiger partial charge in [-0.25, -0.2) is 13.2 Å². The largest absolute Gasteiger partial charge is 0.449 e. The second-order valence-electron chi connectivity index (χ2n) is 7.14. The van der Waals surface area contributed by atoms with Gasteiger partial charge in [0.2, 0.25) is 0 Å². The minimum atomic E-state index is -3.62. The van der Waals surface area contributed by atoms with Gasteiger partial charge in [0.25, 0.3) is 15.9 Å². The Balaban J connectivity index is 1.46. The number of amidine groups is 1. The quantitative estimate of drug-likeness (QED) is 0.684. The van der Waals surface area contributed by atoms with Crippen LogP contribution in [0.2, 0.25) is 0 Å². The van der Waals surface area contributed by atoms with Crippen molar-refractivity contribution in [3.63, 3.8) is 0 Å². The van der Waals surface area contributed by atoms with Gasteiger partial charge in [0, 0.05) is 25.8 Å². The maximum atomic E-state index is 12.8. The van der Waals surface area contributed by atoms with E-state index in [0.717, 1.165) is 12.0 Å². The second-order valence-corrected chi connectivity index (χ2v) is 8.90. The summed E-state index contributed by atoms with van der Waals surface area (Å²) in [6.07, 6.45) is 4.49. The molecule has 3 aliphatic rings. The number of sulfonamides is 1. The lowest BCUT2D eigenvalue weighted by atomic mass is 9.99. The molecule has 29 heavy (non-hydrogen) atoms. The van der Waals surface area contributed by atoms with Crippen molar-refractivity contribution in [2.75, 3.05) is 18.8 Å². The Morgan fingerprint density at radius 3 is 2.72 bits per heavy atom. The molecule has 0 bridgehead atoms. The number of amides is 1. The van der Waals surface area contributed by atoms with E-state index < -0.39 is 22.1 Å². The van der Waals surface area contributed by atoms with E-state index in [1.165, 1.54) is 18.6 Å². The zero-order valence-electron chi connectivity index (χ0n) is 15.9. The molecule has 1 aromatic carbocycles. The van der Waals surface area contributed by atoms with Gasteiger partial charge in [0.1, 0.15) is 5.57 Å². The lowest BCUT2D eigenvalue weighted by Gasteiger charge is -2.31. The number of carbonyl (C=O) groups excluding carboxylic acids is 2. The van der Waals surface area contributed by atoms with Crippen LogP contribution in [0.1, 0.15) is 18.1 Å². The van der Waals surface area contributed by atoms with Crippen molar-refractivity contribution in [3.8, 4) is 0 Å². The topological polar surface area (TPSA) is 96.3 Å². The number of hydrogen-bond acceptors (Lipinski definition) is 6. The number of allylic oxidation sites excluding steroid dienone is 2. The van der Waals surface area contributed by atoms with Crippen LogP contribution in [0.15, 0.2) is 52.6 Å². The molecule has 0 saturated heterocycles. The van der Waals surface area contributed by atoms with E-state index >= 15 is 0 Å². The molecule has 4 rings (SSSR count). The molecule has 152 valence electrons. The fourth-order valence-electron chi connectivity index (χ4n) is 3.59. The van der Waals surface area contributed by atoms with Crippen molar-refractivity contribution in [3.05, 3.63) is 59.3 Å². The Kier molecular flexibility index (Phi) is 4.99. The molecule has 3 heterocycles. The zero-order valence-corrected chi connectivity index (χ0v) is 16.8. The van der Waals surface area contributed by atoms with Crippen LogP contribution in [0.25, 0.3) is 0 Å². The number of carbonyl (C=O) groups is 2. The molecular formula is C20H21N3O5S. The van der Waals surface area contributed by atoms with Crippen molar-refractivity contribution < 1.29 is 22.7 Å². The first kappa shape index (κ1) is 19.4. The van der Waals surface area contributed by atoms with Crippen LogP contribution in [-0.2, 0) is 37.3 Å². The molecule has 0 unspecified atom stereocenters. The molecule has 1 atom stereocenters. The number of rotatable bonds is 3. The van der Waals surface area contributed by atoms with Gasteiger partial charge in [0.05, 0.1) is 5.75 Å². The maximum absolute atomic E-state index is 12.8. The Morgan fingerprint density at radius 1 is 1.17 bits per heavy atom. The Labute approximate surface area is 169 Å². The summed E-state index contributed by atoms with van der Waals surface area (Å²) < 4.78 is 32.7. The monoisotopic (exact) mass is 415 g/mol. The van der Waals surface area contributed by atoms with Gasteiger partial charge in [-0.05, 0) is 36.6 Å². The van der Waals surface area contributed by atoms with Gasteiger partial charge in [-0.1, -0.05) is 24.3 Å². The molecule has 8 nitrogen and oxygen atoms in total. The van der Waals surface area contributed by atoms with Crippen LogP contribution in [0.3, 0.4) is 0 Å². The van der Waals surface area contributed by atoms with E-state index in [1.54, 1.807) is 22.1 Å². The predicted molar refractivity (Wildman–Crippen MR) is 106 cm³/mol. The maximum Gasteiger partial charge on any atom is 0.342 e. The summed E-state index contributed by atoms with van der Waals surface area (Å²) in [5, 5.41) is 0. The third-order valence-electron chi connectivity index (χ3n) is 5.15. The van der Waals surface area contributed by atoms with E-state index in [4.69, 9.17) is 4.74 Å². The summed E-state index contributed by atoms with van der Waals surface area (Å²) in [5.41, 5.74) is 2.33. The third-order valence-corrected chi connectivity index (χ3v) is 6.30. The average Bonchev–Trinajstić information content (AvgIpc) is 2.71. The summed E-state index contributed by atoms with van der Waals surface area (Å²) in [7, 11) is -3.62. The summed E-state index contributed by atoms with van der Waals surface area (Å²) in [4.78, 5) is 28.7. The van der Waals surface area contributed by atoms with Crippen LogP contribution in [-0.4, -0.2) is 60.9 Å². The van der Waals surface area contributed by atoms with Gasteiger partial charge >= 0.3 is 5.97 Å². The average molecular weight is 415 g/mol. The number of fused-ring (bicyclic) bond motifs is 2. The predicted octanol–water partition coefficient (Wildman–Crippen LogP) is 1.00. The Morgan fingerprint density at radius 2 is 1.93 bits per heavy atom. The van der Waals surface area contributed by atoms with Gasteiger partial charge in [0.15, 0.2) is 11.9 Å². The van der Waals surface area contributed by atoms with Crippen LogP contribution in [0.5, 0.6) is 0 Å². The second kappa shape index (κ2) is 7.47. The lowest BCUT2D eigenvalue weighted by Crippen LogP contribution is -2.44. The Hall–Kier alpha value is -2.94. The fourth-order valence-corrected chi connectivity index (χ4v) is 4.58. The molecule has 1 amide bonds. The molecule has 0 fully saturated rings. The fraction of sp³-hybridized carbons (Fsp3) is 0.350. The van der Waals surface area contributed by atoms with Crippen molar-refractivity contribution in [2.45, 2.75) is 26.0 Å². The first-order chi connectivity index (χ1) is 13.8. The molecule has 0 aromatic heterocycles. The van der Waals surface area contributed by atoms with Gasteiger partial charge in [-0.3, -0.25) is 4.79 Å². The Bertz CT molecular complexity index is 1060. The van der Waals surface area contributed by atoms with E-state index in [2.05, 4.69) is 4.40 Å². The molecule has 0 saturated carbocycles.